The summed E-state index contributed by atoms with van der Waals surface area (Å²) in [4.78, 5) is 4.14. The lowest BCUT2D eigenvalue weighted by Gasteiger charge is -2.31. The lowest BCUT2D eigenvalue weighted by Crippen LogP contribution is -2.47. The summed E-state index contributed by atoms with van der Waals surface area (Å²) in [5.41, 5.74) is -5.23. The van der Waals surface area contributed by atoms with Crippen LogP contribution in [0.3, 0.4) is 0 Å². The number of aliphatic imine (C=N–C) groups is 1. The van der Waals surface area contributed by atoms with E-state index < -0.39 is 15.5 Å². The fourth-order valence-electron chi connectivity index (χ4n) is 3.77. The number of nitrogens with zero attached hydrogens (tertiary/aromatic N) is 2. The van der Waals surface area contributed by atoms with Crippen molar-refractivity contribution in [3.8, 4) is 0 Å². The molecule has 1 aliphatic heterocycles. The van der Waals surface area contributed by atoms with Crippen LogP contribution in [0.4, 0.5) is 13.2 Å². The van der Waals surface area contributed by atoms with Crippen molar-refractivity contribution in [3.63, 3.8) is 0 Å². The highest BCUT2D eigenvalue weighted by Crippen LogP contribution is 2.30. The molecule has 1 heterocycles. The number of alkyl halides is 3. The first-order valence-electron chi connectivity index (χ1n) is 10.4. The van der Waals surface area contributed by atoms with E-state index in [1.165, 1.54) is 25.7 Å². The lowest BCUT2D eigenvalue weighted by molar-refractivity contribution is -0.0496. The molecule has 2 aliphatic rings. The molecule has 1 saturated heterocycles. The summed E-state index contributed by atoms with van der Waals surface area (Å²) in [6.45, 7) is 1.52. The van der Waals surface area contributed by atoms with Gasteiger partial charge in [-0.3, -0.25) is 4.99 Å². The molecule has 0 aromatic heterocycles. The molecule has 0 aromatic carbocycles. The Morgan fingerprint density at radius 1 is 1.07 bits per heavy atom. The van der Waals surface area contributed by atoms with Gasteiger partial charge in [-0.15, -0.1) is 0 Å². The minimum Gasteiger partial charge on any atom is -0.376 e. The van der Waals surface area contributed by atoms with E-state index in [2.05, 4.69) is 15.6 Å². The van der Waals surface area contributed by atoms with E-state index in [9.17, 15) is 21.6 Å². The van der Waals surface area contributed by atoms with Crippen LogP contribution in [0.15, 0.2) is 4.99 Å². The topological polar surface area (TPSA) is 83.0 Å². The van der Waals surface area contributed by atoms with Crippen LogP contribution in [0.5, 0.6) is 0 Å². The summed E-state index contributed by atoms with van der Waals surface area (Å²) in [5.74, 6) is 0.704. The van der Waals surface area contributed by atoms with Gasteiger partial charge in [0.05, 0.1) is 12.7 Å². The molecule has 29 heavy (non-hydrogen) atoms. The Hall–Kier alpha value is -1.07. The molecule has 1 saturated carbocycles. The molecule has 0 bridgehead atoms. The maximum Gasteiger partial charge on any atom is 0.511 e. The minimum atomic E-state index is -5.23. The summed E-state index contributed by atoms with van der Waals surface area (Å²) >= 11 is 0. The molecule has 0 spiro atoms. The highest BCUT2D eigenvalue weighted by Gasteiger charge is 2.50. The van der Waals surface area contributed by atoms with Gasteiger partial charge >= 0.3 is 15.5 Å². The van der Waals surface area contributed by atoms with Gasteiger partial charge in [0.1, 0.15) is 0 Å². The predicted octanol–water partition coefficient (Wildman–Crippen LogP) is 2.45. The van der Waals surface area contributed by atoms with Crippen molar-refractivity contribution >= 4 is 16.0 Å². The van der Waals surface area contributed by atoms with E-state index in [1.807, 2.05) is 0 Å². The quantitative estimate of drug-likeness (QED) is 0.274. The van der Waals surface area contributed by atoms with E-state index in [0.717, 1.165) is 12.8 Å². The van der Waals surface area contributed by atoms with Gasteiger partial charge in [-0.1, -0.05) is 25.7 Å². The summed E-state index contributed by atoms with van der Waals surface area (Å²) in [5, 5.41) is 6.34. The van der Waals surface area contributed by atoms with Gasteiger partial charge in [0.25, 0.3) is 0 Å². The second kappa shape index (κ2) is 11.4. The highest BCUT2D eigenvalue weighted by molar-refractivity contribution is 7.90. The van der Waals surface area contributed by atoms with E-state index >= 15 is 0 Å². The third-order valence-electron chi connectivity index (χ3n) is 5.54. The van der Waals surface area contributed by atoms with Gasteiger partial charge in [0.15, 0.2) is 5.96 Å². The second-order valence-electron chi connectivity index (χ2n) is 7.66. The Morgan fingerprint density at radius 3 is 2.24 bits per heavy atom. The third-order valence-corrected chi connectivity index (χ3v) is 7.17. The molecule has 2 N–H and O–H groups in total. The normalized spacial score (nSPS) is 21.7. The molecule has 170 valence electrons. The van der Waals surface area contributed by atoms with Crippen molar-refractivity contribution in [2.45, 2.75) is 63.0 Å². The highest BCUT2D eigenvalue weighted by atomic mass is 32.2. The van der Waals surface area contributed by atoms with Gasteiger partial charge in [-0.05, 0) is 31.6 Å². The number of rotatable bonds is 7. The van der Waals surface area contributed by atoms with Crippen molar-refractivity contribution in [2.24, 2.45) is 10.9 Å². The van der Waals surface area contributed by atoms with Gasteiger partial charge in [0, 0.05) is 33.2 Å². The zero-order valence-electron chi connectivity index (χ0n) is 17.0. The summed E-state index contributed by atoms with van der Waals surface area (Å²) in [6, 6.07) is 0. The van der Waals surface area contributed by atoms with Crippen LogP contribution < -0.4 is 10.6 Å². The number of piperidine rings is 1. The number of sulfonamides is 1. The fourth-order valence-corrected chi connectivity index (χ4v) is 4.75. The molecule has 0 atom stereocenters. The summed E-state index contributed by atoms with van der Waals surface area (Å²) < 4.78 is 67.2. The van der Waals surface area contributed by atoms with Gasteiger partial charge in [-0.2, -0.15) is 17.5 Å². The van der Waals surface area contributed by atoms with Crippen molar-refractivity contribution in [1.82, 2.24) is 14.9 Å². The first kappa shape index (κ1) is 24.2. The smallest absolute Gasteiger partial charge is 0.376 e. The Morgan fingerprint density at radius 2 is 1.69 bits per heavy atom. The molecule has 11 heteroatoms. The van der Waals surface area contributed by atoms with Crippen LogP contribution in [0, 0.1) is 5.92 Å². The molecule has 0 amide bonds. The molecule has 0 unspecified atom stereocenters. The monoisotopic (exact) mass is 442 g/mol. The van der Waals surface area contributed by atoms with E-state index in [0.29, 0.717) is 48.9 Å². The van der Waals surface area contributed by atoms with Crippen LogP contribution in [0.2, 0.25) is 0 Å². The Labute approximate surface area is 171 Å². The van der Waals surface area contributed by atoms with Gasteiger partial charge in [-0.25, -0.2) is 8.42 Å². The fraction of sp³-hybridized carbons (Fsp3) is 0.944. The Kier molecular flexibility index (Phi) is 9.48. The average molecular weight is 443 g/mol. The van der Waals surface area contributed by atoms with Crippen LogP contribution in [-0.4, -0.2) is 70.1 Å². The number of guanidine groups is 1. The van der Waals surface area contributed by atoms with Crippen molar-refractivity contribution < 1.29 is 26.3 Å². The average Bonchev–Trinajstić information content (AvgIpc) is 2.96. The van der Waals surface area contributed by atoms with E-state index in [-0.39, 0.29) is 19.0 Å². The zero-order valence-corrected chi connectivity index (χ0v) is 17.8. The number of nitrogens with one attached hydrogen (secondary N) is 2. The molecular formula is C18H33F3N4O3S. The minimum absolute atomic E-state index is 0.0930. The third kappa shape index (κ3) is 7.60. The largest absolute Gasteiger partial charge is 0.511 e. The maximum absolute atomic E-state index is 12.6. The molecular weight excluding hydrogens is 409 g/mol. The summed E-state index contributed by atoms with van der Waals surface area (Å²) in [7, 11) is -3.57. The van der Waals surface area contributed by atoms with Gasteiger partial charge < -0.3 is 15.4 Å². The molecule has 0 radical (unpaired) electrons. The zero-order chi connectivity index (χ0) is 21.3. The summed E-state index contributed by atoms with van der Waals surface area (Å²) in [6.07, 6.45) is 8.37. The Bertz CT molecular complexity index is 612. The Balaban J connectivity index is 1.63. The predicted molar refractivity (Wildman–Crippen MR) is 106 cm³/mol. The first-order chi connectivity index (χ1) is 13.7. The van der Waals surface area contributed by atoms with Crippen molar-refractivity contribution in [1.29, 1.82) is 0 Å². The number of hydrogen-bond donors (Lipinski definition) is 2. The van der Waals surface area contributed by atoms with Crippen LogP contribution in [0.1, 0.15) is 51.4 Å². The molecule has 2 rings (SSSR count). The standard InChI is InChI=1S/C18H33F3N4O3S/c1-22-17(23-10-13-28-16-6-4-2-3-5-7-16)24-14-15-8-11-25(12-9-15)29(26,27)18(19,20)21/h15-16H,2-14H2,1H3,(H2,22,23,24). The number of ether oxygens (including phenoxy) is 1. The number of hydrogen-bond acceptors (Lipinski definition) is 4. The second-order valence-corrected chi connectivity index (χ2v) is 9.59. The van der Waals surface area contributed by atoms with Crippen LogP contribution in [0.25, 0.3) is 0 Å². The van der Waals surface area contributed by atoms with Crippen LogP contribution in [-0.2, 0) is 14.8 Å². The van der Waals surface area contributed by atoms with Crippen molar-refractivity contribution in [2.75, 3.05) is 39.8 Å². The molecule has 7 nitrogen and oxygen atoms in total. The molecule has 1 aliphatic carbocycles. The number of halogens is 3. The molecule has 2 fully saturated rings. The maximum atomic E-state index is 12.6. The molecule has 0 aromatic rings. The van der Waals surface area contributed by atoms with E-state index in [1.54, 1.807) is 7.05 Å². The first-order valence-corrected chi connectivity index (χ1v) is 11.8. The van der Waals surface area contributed by atoms with Gasteiger partial charge in [0.2, 0.25) is 0 Å². The SMILES string of the molecule is CN=C(NCCOC1CCCCCC1)NCC1CCN(S(=O)(=O)C(F)(F)F)CC1. The lowest BCUT2D eigenvalue weighted by atomic mass is 9.98. The van der Waals surface area contributed by atoms with Crippen molar-refractivity contribution in [3.05, 3.63) is 0 Å². The van der Waals surface area contributed by atoms with Crippen LogP contribution >= 0.6 is 0 Å². The van der Waals surface area contributed by atoms with E-state index in [4.69, 9.17) is 4.74 Å².